The third-order valence-corrected chi connectivity index (χ3v) is 2.78. The lowest BCUT2D eigenvalue weighted by Crippen LogP contribution is -2.41. The number of nitrogens with one attached hydrogen (secondary N) is 3. The maximum atomic E-state index is 11.9. The second-order valence-corrected chi connectivity index (χ2v) is 5.15. The lowest BCUT2D eigenvalue weighted by molar-refractivity contribution is -0.122. The summed E-state index contributed by atoms with van der Waals surface area (Å²) in [5, 5.41) is 9.23. The summed E-state index contributed by atoms with van der Waals surface area (Å²) in [4.78, 5) is 20.7. The van der Waals surface area contributed by atoms with Crippen LogP contribution >= 0.6 is 0 Å². The summed E-state index contributed by atoms with van der Waals surface area (Å²) in [5.41, 5.74) is 0.918. The molecule has 1 unspecified atom stereocenters. The van der Waals surface area contributed by atoms with E-state index in [1.54, 1.807) is 0 Å². The molecule has 112 valence electrons. The second kappa shape index (κ2) is 7.07. The lowest BCUT2D eigenvalue weighted by atomic mass is 10.2. The topological polar surface area (TPSA) is 78.9 Å². The van der Waals surface area contributed by atoms with Crippen molar-refractivity contribution in [2.24, 2.45) is 0 Å². The molecule has 0 spiro atoms. The summed E-state index contributed by atoms with van der Waals surface area (Å²) in [5.74, 6) is 2.13. The molecule has 6 nitrogen and oxygen atoms in total. The average Bonchev–Trinajstić information content (AvgIpc) is 2.34. The van der Waals surface area contributed by atoms with Crippen molar-refractivity contribution in [3.8, 4) is 0 Å². The minimum atomic E-state index is -0.347. The minimum Gasteiger partial charge on any atom is -0.370 e. The van der Waals surface area contributed by atoms with Crippen LogP contribution in [0.15, 0.2) is 0 Å². The number of carbonyl (C=O) groups excluding carboxylic acids is 1. The highest BCUT2D eigenvalue weighted by atomic mass is 16.2. The molecule has 1 rings (SSSR count). The van der Waals surface area contributed by atoms with Crippen molar-refractivity contribution in [2.75, 3.05) is 17.2 Å². The van der Waals surface area contributed by atoms with Gasteiger partial charge >= 0.3 is 0 Å². The minimum absolute atomic E-state index is 0.0410. The van der Waals surface area contributed by atoms with Gasteiger partial charge in [0.1, 0.15) is 23.5 Å². The van der Waals surface area contributed by atoms with Crippen LogP contribution in [0.25, 0.3) is 0 Å². The first-order valence-corrected chi connectivity index (χ1v) is 7.01. The van der Waals surface area contributed by atoms with Gasteiger partial charge in [0.15, 0.2) is 0 Å². The fraction of sp³-hybridized carbons (Fsp3) is 0.643. The van der Waals surface area contributed by atoms with Crippen LogP contribution in [0.2, 0.25) is 0 Å². The Labute approximate surface area is 120 Å². The molecule has 0 saturated carbocycles. The Morgan fingerprint density at radius 1 is 1.15 bits per heavy atom. The normalized spacial score (nSPS) is 12.2. The van der Waals surface area contributed by atoms with Gasteiger partial charge in [-0.1, -0.05) is 0 Å². The number of hydrogen-bond acceptors (Lipinski definition) is 5. The fourth-order valence-corrected chi connectivity index (χ4v) is 1.79. The van der Waals surface area contributed by atoms with E-state index >= 15 is 0 Å². The third-order valence-electron chi connectivity index (χ3n) is 2.78. The van der Waals surface area contributed by atoms with Crippen molar-refractivity contribution in [3.05, 3.63) is 11.4 Å². The molecule has 0 aliphatic rings. The zero-order valence-corrected chi connectivity index (χ0v) is 13.2. The summed E-state index contributed by atoms with van der Waals surface area (Å²) in [6, 6.07) is -0.225. The molecule has 1 heterocycles. The predicted octanol–water partition coefficient (Wildman–Crippen LogP) is 1.85. The summed E-state index contributed by atoms with van der Waals surface area (Å²) < 4.78 is 0. The number of nitrogens with zero attached hydrogens (tertiary/aromatic N) is 2. The quantitative estimate of drug-likeness (QED) is 0.740. The molecule has 0 aromatic carbocycles. The first kappa shape index (κ1) is 16.2. The Kier molecular flexibility index (Phi) is 5.73. The van der Waals surface area contributed by atoms with E-state index in [2.05, 4.69) is 25.9 Å². The number of aryl methyl sites for hydroxylation is 1. The van der Waals surface area contributed by atoms with Crippen LogP contribution in [0.4, 0.5) is 11.6 Å². The molecule has 1 atom stereocenters. The molecule has 0 saturated heterocycles. The van der Waals surface area contributed by atoms with Crippen LogP contribution in [-0.4, -0.2) is 34.5 Å². The van der Waals surface area contributed by atoms with E-state index in [-0.39, 0.29) is 18.0 Å². The van der Waals surface area contributed by atoms with Crippen LogP contribution < -0.4 is 16.0 Å². The van der Waals surface area contributed by atoms with Crippen molar-refractivity contribution >= 4 is 17.5 Å². The molecule has 0 fully saturated rings. The number of anilines is 2. The van der Waals surface area contributed by atoms with Gasteiger partial charge < -0.3 is 16.0 Å². The lowest BCUT2D eigenvalue weighted by Gasteiger charge is -2.19. The Bertz CT molecular complexity index is 473. The van der Waals surface area contributed by atoms with Crippen molar-refractivity contribution in [3.63, 3.8) is 0 Å². The van der Waals surface area contributed by atoms with E-state index in [9.17, 15) is 4.79 Å². The van der Waals surface area contributed by atoms with Gasteiger partial charge in [-0.2, -0.15) is 0 Å². The van der Waals surface area contributed by atoms with E-state index in [1.807, 2.05) is 41.5 Å². The smallest absolute Gasteiger partial charge is 0.242 e. The molecule has 1 amide bonds. The summed E-state index contributed by atoms with van der Waals surface area (Å²) in [6.45, 7) is 12.3. The van der Waals surface area contributed by atoms with Crippen molar-refractivity contribution in [1.29, 1.82) is 0 Å². The van der Waals surface area contributed by atoms with Crippen molar-refractivity contribution in [1.82, 2.24) is 15.3 Å². The van der Waals surface area contributed by atoms with Crippen LogP contribution in [-0.2, 0) is 4.79 Å². The first-order chi connectivity index (χ1) is 9.35. The number of aromatic nitrogens is 2. The Hall–Kier alpha value is -1.85. The molecule has 1 aromatic rings. The van der Waals surface area contributed by atoms with Crippen LogP contribution in [0.1, 0.15) is 39.1 Å². The summed E-state index contributed by atoms with van der Waals surface area (Å²) in [6.07, 6.45) is 0. The first-order valence-electron chi connectivity index (χ1n) is 7.01. The molecule has 0 aliphatic heterocycles. The maximum absolute atomic E-state index is 11.9. The maximum Gasteiger partial charge on any atom is 0.242 e. The van der Waals surface area contributed by atoms with Gasteiger partial charge in [-0.25, -0.2) is 9.97 Å². The zero-order chi connectivity index (χ0) is 15.3. The summed E-state index contributed by atoms with van der Waals surface area (Å²) >= 11 is 0. The number of amides is 1. The SMILES string of the molecule is CCNc1nc(C)nc(NC(C)C(=O)NC(C)C)c1C. The molecule has 1 aromatic heterocycles. The number of hydrogen-bond donors (Lipinski definition) is 3. The van der Waals surface area contributed by atoms with E-state index < -0.39 is 0 Å². The Morgan fingerprint density at radius 3 is 2.30 bits per heavy atom. The Balaban J connectivity index is 2.89. The third kappa shape index (κ3) is 4.36. The molecule has 6 heteroatoms. The number of carbonyl (C=O) groups is 1. The van der Waals surface area contributed by atoms with Gasteiger partial charge in [-0.05, 0) is 41.5 Å². The second-order valence-electron chi connectivity index (χ2n) is 5.15. The van der Waals surface area contributed by atoms with E-state index in [0.29, 0.717) is 11.6 Å². The molecule has 3 N–H and O–H groups in total. The van der Waals surface area contributed by atoms with Gasteiger partial charge in [0, 0.05) is 18.2 Å². The molecule has 20 heavy (non-hydrogen) atoms. The average molecular weight is 279 g/mol. The van der Waals surface area contributed by atoms with Gasteiger partial charge in [0.25, 0.3) is 0 Å². The van der Waals surface area contributed by atoms with Crippen LogP contribution in [0, 0.1) is 13.8 Å². The number of rotatable bonds is 6. The van der Waals surface area contributed by atoms with Crippen molar-refractivity contribution in [2.45, 2.75) is 53.6 Å². The van der Waals surface area contributed by atoms with Crippen LogP contribution in [0.3, 0.4) is 0 Å². The predicted molar refractivity (Wildman–Crippen MR) is 82.0 cm³/mol. The van der Waals surface area contributed by atoms with E-state index in [1.165, 1.54) is 0 Å². The molecular formula is C14H25N5O. The summed E-state index contributed by atoms with van der Waals surface area (Å²) in [7, 11) is 0. The largest absolute Gasteiger partial charge is 0.370 e. The van der Waals surface area contributed by atoms with Crippen LogP contribution in [0.5, 0.6) is 0 Å². The van der Waals surface area contributed by atoms with E-state index in [4.69, 9.17) is 0 Å². The standard InChI is InChI=1S/C14H25N5O/c1-7-15-12-9(4)13(19-11(6)18-12)17-10(5)14(20)16-8(2)3/h8,10H,7H2,1-6H3,(H,16,20)(H2,15,17,18,19). The zero-order valence-electron chi connectivity index (χ0n) is 13.2. The highest BCUT2D eigenvalue weighted by Crippen LogP contribution is 2.20. The molecular weight excluding hydrogens is 254 g/mol. The highest BCUT2D eigenvalue weighted by Gasteiger charge is 2.16. The van der Waals surface area contributed by atoms with E-state index in [0.717, 1.165) is 17.9 Å². The van der Waals surface area contributed by atoms with Gasteiger partial charge in [-0.15, -0.1) is 0 Å². The highest BCUT2D eigenvalue weighted by molar-refractivity contribution is 5.84. The van der Waals surface area contributed by atoms with Gasteiger partial charge in [-0.3, -0.25) is 4.79 Å². The van der Waals surface area contributed by atoms with Gasteiger partial charge in [0.2, 0.25) is 5.91 Å². The molecule has 0 bridgehead atoms. The molecule has 0 aliphatic carbocycles. The van der Waals surface area contributed by atoms with Gasteiger partial charge in [0.05, 0.1) is 0 Å². The molecule has 0 radical (unpaired) electrons. The monoisotopic (exact) mass is 279 g/mol. The Morgan fingerprint density at radius 2 is 1.75 bits per heavy atom. The van der Waals surface area contributed by atoms with Crippen molar-refractivity contribution < 1.29 is 4.79 Å². The fourth-order valence-electron chi connectivity index (χ4n) is 1.79.